The molecule has 11 aromatic carbocycles. The molecule has 0 saturated carbocycles. The van der Waals surface area contributed by atoms with E-state index in [0.717, 1.165) is 72.5 Å². The fourth-order valence-electron chi connectivity index (χ4n) is 11.5. The van der Waals surface area contributed by atoms with Crippen LogP contribution in [0.15, 0.2) is 247 Å². The van der Waals surface area contributed by atoms with Gasteiger partial charge in [-0.05, 0) is 110 Å². The van der Waals surface area contributed by atoms with E-state index in [1.807, 2.05) is 6.07 Å². The van der Waals surface area contributed by atoms with Crippen molar-refractivity contribution in [3.63, 3.8) is 0 Å². The van der Waals surface area contributed by atoms with Crippen molar-refractivity contribution in [2.75, 3.05) is 4.90 Å². The largest absolute Gasteiger partial charge is 0.455 e. The second-order valence-corrected chi connectivity index (χ2v) is 22.1. The molecule has 3 nitrogen and oxygen atoms in total. The summed E-state index contributed by atoms with van der Waals surface area (Å²) in [6.45, 7) is 13.9. The number of hydrogen-bond acceptors (Lipinski definition) is 2. The van der Waals surface area contributed by atoms with Crippen LogP contribution in [0.25, 0.3) is 105 Å². The predicted molar refractivity (Wildman–Crippen MR) is 319 cm³/mol. The Morgan fingerprint density at radius 3 is 1.55 bits per heavy atom. The summed E-state index contributed by atoms with van der Waals surface area (Å²) in [5.74, 6) is 0. The summed E-state index contributed by atoms with van der Waals surface area (Å²) in [4.78, 5) is 2.51. The molecule has 13 rings (SSSR count). The summed E-state index contributed by atoms with van der Waals surface area (Å²) < 4.78 is 9.21. The molecule has 0 bridgehead atoms. The molecule has 13 aromatic rings. The van der Waals surface area contributed by atoms with Gasteiger partial charge in [0.1, 0.15) is 11.2 Å². The van der Waals surface area contributed by atoms with Crippen molar-refractivity contribution in [2.24, 2.45) is 0 Å². The van der Waals surface area contributed by atoms with Crippen LogP contribution in [0.4, 0.5) is 17.1 Å². The monoisotopic (exact) mass is 966 g/mol. The number of fused-ring (bicyclic) bond motifs is 7. The number of nitrogens with zero attached hydrogens (tertiary/aromatic N) is 2. The number of anilines is 3. The number of benzene rings is 11. The number of hydrogen-bond donors (Lipinski definition) is 0. The lowest BCUT2D eigenvalue weighted by atomic mass is 9.78. The van der Waals surface area contributed by atoms with Crippen LogP contribution in [0.1, 0.15) is 52.7 Å². The highest BCUT2D eigenvalue weighted by atomic mass is 16.3. The Labute approximate surface area is 439 Å². The van der Waals surface area contributed by atoms with Gasteiger partial charge in [0.25, 0.3) is 0 Å². The third-order valence-electron chi connectivity index (χ3n) is 15.3. The van der Waals surface area contributed by atoms with Crippen molar-refractivity contribution < 1.29 is 4.42 Å². The molecule has 0 saturated heterocycles. The maximum atomic E-state index is 6.82. The average molecular weight is 967 g/mol. The summed E-state index contributed by atoms with van der Waals surface area (Å²) in [6.07, 6.45) is 0. The molecule has 75 heavy (non-hydrogen) atoms. The maximum absolute atomic E-state index is 6.82. The zero-order chi connectivity index (χ0) is 51.0. The first-order valence-corrected chi connectivity index (χ1v) is 26.2. The molecule has 3 heteroatoms. The van der Waals surface area contributed by atoms with Gasteiger partial charge < -0.3 is 13.9 Å². The number of para-hydroxylation sites is 7. The van der Waals surface area contributed by atoms with Crippen molar-refractivity contribution in [1.29, 1.82) is 0 Å². The third kappa shape index (κ3) is 7.90. The molecule has 0 atom stereocenters. The van der Waals surface area contributed by atoms with Crippen molar-refractivity contribution in [2.45, 2.75) is 52.4 Å². The third-order valence-corrected chi connectivity index (χ3v) is 15.3. The summed E-state index contributed by atoms with van der Waals surface area (Å²) in [5.41, 5.74) is 20.1. The summed E-state index contributed by atoms with van der Waals surface area (Å²) >= 11 is 0. The van der Waals surface area contributed by atoms with Crippen LogP contribution in [0.3, 0.4) is 0 Å². The Bertz CT molecular complexity index is 4290. The molecule has 2 heterocycles. The van der Waals surface area contributed by atoms with Gasteiger partial charge in [-0.2, -0.15) is 0 Å². The lowest BCUT2D eigenvalue weighted by Gasteiger charge is -2.32. The van der Waals surface area contributed by atoms with Crippen LogP contribution in [-0.4, -0.2) is 4.57 Å². The predicted octanol–water partition coefficient (Wildman–Crippen LogP) is 20.6. The fraction of sp³-hybridized carbons (Fsp3) is 0.111. The number of rotatable bonds is 8. The van der Waals surface area contributed by atoms with E-state index in [2.05, 4.69) is 288 Å². The molecule has 0 aliphatic heterocycles. The molecule has 0 N–H and O–H groups in total. The minimum absolute atomic E-state index is 0.0342. The topological polar surface area (TPSA) is 21.3 Å². The van der Waals surface area contributed by atoms with Gasteiger partial charge in [-0.25, -0.2) is 0 Å². The van der Waals surface area contributed by atoms with Gasteiger partial charge in [-0.15, -0.1) is 0 Å². The van der Waals surface area contributed by atoms with Gasteiger partial charge in [0.05, 0.1) is 28.1 Å². The van der Waals surface area contributed by atoms with Crippen LogP contribution < -0.4 is 4.90 Å². The molecule has 0 amide bonds. The van der Waals surface area contributed by atoms with Gasteiger partial charge in [0, 0.05) is 49.5 Å². The Morgan fingerprint density at radius 1 is 0.347 bits per heavy atom. The fourth-order valence-corrected chi connectivity index (χ4v) is 11.5. The van der Waals surface area contributed by atoms with E-state index >= 15 is 0 Å². The molecule has 362 valence electrons. The normalized spacial score (nSPS) is 12.1. The minimum atomic E-state index is -0.0342. The van der Waals surface area contributed by atoms with E-state index < -0.39 is 0 Å². The first-order valence-electron chi connectivity index (χ1n) is 26.2. The minimum Gasteiger partial charge on any atom is -0.455 e. The van der Waals surface area contributed by atoms with E-state index in [4.69, 9.17) is 4.42 Å². The van der Waals surface area contributed by atoms with Gasteiger partial charge in [-0.3, -0.25) is 0 Å². The van der Waals surface area contributed by atoms with E-state index in [9.17, 15) is 0 Å². The average Bonchev–Trinajstić information content (AvgIpc) is 3.99. The molecule has 0 unspecified atom stereocenters. The SMILES string of the molecule is CC(C)(C)c1cc(-c2cccc3cccc(-c4ccccc4N(c4ccccc4-c4ccc5c(c4)c4ccccc4n5-c4ccccc4)c4ccccc4-c4cccc5c4oc4ccccc45)c23)cc(C(C)(C)C)c1. The zero-order valence-electron chi connectivity index (χ0n) is 43.4. The van der Waals surface area contributed by atoms with Gasteiger partial charge in [-0.1, -0.05) is 230 Å². The Morgan fingerprint density at radius 2 is 0.853 bits per heavy atom. The lowest BCUT2D eigenvalue weighted by molar-refractivity contribution is 0.569. The van der Waals surface area contributed by atoms with E-state index in [1.54, 1.807) is 0 Å². The van der Waals surface area contributed by atoms with Crippen molar-refractivity contribution in [1.82, 2.24) is 4.57 Å². The van der Waals surface area contributed by atoms with Gasteiger partial charge >= 0.3 is 0 Å². The summed E-state index contributed by atoms with van der Waals surface area (Å²) in [6, 6.07) is 89.1. The molecular formula is C72H58N2O. The van der Waals surface area contributed by atoms with Crippen LogP contribution >= 0.6 is 0 Å². The molecular weight excluding hydrogens is 909 g/mol. The first-order chi connectivity index (χ1) is 36.5. The highest BCUT2D eigenvalue weighted by molar-refractivity contribution is 6.14. The van der Waals surface area contributed by atoms with E-state index in [0.29, 0.717) is 0 Å². The Kier molecular flexibility index (Phi) is 11.0. The van der Waals surface area contributed by atoms with Gasteiger partial charge in [0.15, 0.2) is 0 Å². The number of aromatic nitrogens is 1. The molecule has 2 aromatic heterocycles. The summed E-state index contributed by atoms with van der Waals surface area (Å²) in [5, 5.41) is 7.06. The van der Waals surface area contributed by atoms with Crippen molar-refractivity contribution in [3.8, 4) is 50.2 Å². The highest BCUT2D eigenvalue weighted by Gasteiger charge is 2.27. The standard InChI is InChI=1S/C72H58N2O/c1-71(2,3)50-43-49(44-51(46-50)72(4,5)6)54-32-20-23-47-24-21-33-59(69(47)54)55-28-11-17-38-65(55)74(66-39-18-12-29-56(66)60-34-22-35-61-58-31-14-19-40-68(58)75-70(60)61)63-36-15-10-27-53(63)48-41-42-67-62(45-48)57-30-13-16-37-64(57)73(67)52-25-8-7-9-26-52/h7-46H,1-6H3. The first kappa shape index (κ1) is 45.9. The van der Waals surface area contributed by atoms with Crippen LogP contribution in [0.5, 0.6) is 0 Å². The van der Waals surface area contributed by atoms with E-state index in [-0.39, 0.29) is 10.8 Å². The van der Waals surface area contributed by atoms with Crippen molar-refractivity contribution in [3.05, 3.63) is 254 Å². The molecule has 0 radical (unpaired) electrons. The Hall–Kier alpha value is -8.92. The lowest BCUT2D eigenvalue weighted by Crippen LogP contribution is -2.16. The Balaban J connectivity index is 1.08. The number of furan rings is 1. The maximum Gasteiger partial charge on any atom is 0.143 e. The quantitative estimate of drug-likeness (QED) is 0.151. The van der Waals surface area contributed by atoms with Crippen LogP contribution in [0, 0.1) is 0 Å². The van der Waals surface area contributed by atoms with Gasteiger partial charge in [0.2, 0.25) is 0 Å². The second kappa shape index (κ2) is 17.9. The van der Waals surface area contributed by atoms with Crippen LogP contribution in [-0.2, 0) is 10.8 Å². The van der Waals surface area contributed by atoms with Crippen molar-refractivity contribution >= 4 is 71.6 Å². The smallest absolute Gasteiger partial charge is 0.143 e. The molecule has 0 spiro atoms. The second-order valence-electron chi connectivity index (χ2n) is 22.1. The highest BCUT2D eigenvalue weighted by Crippen LogP contribution is 2.51. The zero-order valence-corrected chi connectivity index (χ0v) is 43.4. The molecule has 0 aliphatic rings. The molecule has 0 aliphatic carbocycles. The van der Waals surface area contributed by atoms with Crippen LogP contribution in [0.2, 0.25) is 0 Å². The van der Waals surface area contributed by atoms with E-state index in [1.165, 1.54) is 60.4 Å². The molecule has 0 fully saturated rings. The summed E-state index contributed by atoms with van der Waals surface area (Å²) in [7, 11) is 0.